The van der Waals surface area contributed by atoms with Crippen LogP contribution in [0, 0.1) is 13.8 Å². The highest BCUT2D eigenvalue weighted by Crippen LogP contribution is 2.10. The maximum Gasteiger partial charge on any atom is 0.214 e. The van der Waals surface area contributed by atoms with E-state index in [1.807, 2.05) is 26.0 Å². The van der Waals surface area contributed by atoms with E-state index in [9.17, 15) is 0 Å². The highest BCUT2D eigenvalue weighted by molar-refractivity contribution is 14.0. The van der Waals surface area contributed by atoms with Crippen LogP contribution in [-0.4, -0.2) is 24.6 Å². The van der Waals surface area contributed by atoms with Crippen molar-refractivity contribution < 1.29 is 9.15 Å². The van der Waals surface area contributed by atoms with Gasteiger partial charge in [-0.05, 0) is 31.4 Å². The molecule has 0 amide bonds. The average molecular weight is 472 g/mol. The van der Waals surface area contributed by atoms with Gasteiger partial charge in [0, 0.05) is 20.2 Å². The van der Waals surface area contributed by atoms with Crippen LogP contribution in [0.5, 0.6) is 0 Å². The summed E-state index contributed by atoms with van der Waals surface area (Å²) in [5.74, 6) is 2.21. The molecule has 0 aliphatic rings. The number of benzene rings is 1. The monoisotopic (exact) mass is 472 g/mol. The number of hydrogen-bond acceptors (Lipinski definition) is 4. The number of rotatable bonds is 8. The topological polar surface area (TPSA) is 71.7 Å². The van der Waals surface area contributed by atoms with Gasteiger partial charge in [-0.15, -0.1) is 24.0 Å². The van der Waals surface area contributed by atoms with Gasteiger partial charge in [0.05, 0.1) is 18.8 Å². The number of nitrogens with one attached hydrogen (secondary N) is 2. The van der Waals surface area contributed by atoms with Crippen molar-refractivity contribution in [3.8, 4) is 0 Å². The molecule has 2 aromatic rings. The minimum atomic E-state index is 0. The van der Waals surface area contributed by atoms with Crippen LogP contribution >= 0.6 is 24.0 Å². The zero-order chi connectivity index (χ0) is 18.1. The molecule has 0 fully saturated rings. The normalized spacial score (nSPS) is 11.2. The van der Waals surface area contributed by atoms with E-state index in [1.165, 1.54) is 11.1 Å². The van der Waals surface area contributed by atoms with Crippen molar-refractivity contribution in [2.75, 3.05) is 13.7 Å². The number of hydrogen-bond donors (Lipinski definition) is 2. The number of aliphatic imine (C=N–C) groups is 1. The van der Waals surface area contributed by atoms with Gasteiger partial charge in [0.15, 0.2) is 5.96 Å². The number of nitrogens with zero attached hydrogens (tertiary/aromatic N) is 2. The second-order valence-electron chi connectivity index (χ2n) is 5.85. The van der Waals surface area contributed by atoms with Crippen LogP contribution in [0.1, 0.15) is 41.8 Å². The first-order chi connectivity index (χ1) is 12.1. The van der Waals surface area contributed by atoms with E-state index in [0.29, 0.717) is 31.5 Å². The lowest BCUT2D eigenvalue weighted by atomic mass is 10.1. The molecule has 0 bridgehead atoms. The third kappa shape index (κ3) is 6.95. The summed E-state index contributed by atoms with van der Waals surface area (Å²) in [6, 6.07) is 8.27. The summed E-state index contributed by atoms with van der Waals surface area (Å²) in [5, 5.41) is 6.54. The molecule has 1 heterocycles. The predicted molar refractivity (Wildman–Crippen MR) is 115 cm³/mol. The molecule has 6 nitrogen and oxygen atoms in total. The van der Waals surface area contributed by atoms with E-state index < -0.39 is 0 Å². The van der Waals surface area contributed by atoms with E-state index in [-0.39, 0.29) is 24.0 Å². The number of halogens is 1. The number of ether oxygens (including phenoxy) is 1. The van der Waals surface area contributed by atoms with Gasteiger partial charge in [0.25, 0.3) is 0 Å². The summed E-state index contributed by atoms with van der Waals surface area (Å²) in [5.41, 5.74) is 3.31. The molecule has 7 heteroatoms. The van der Waals surface area contributed by atoms with Crippen LogP contribution in [0.4, 0.5) is 0 Å². The van der Waals surface area contributed by atoms with Gasteiger partial charge < -0.3 is 19.8 Å². The van der Waals surface area contributed by atoms with Gasteiger partial charge in [0.1, 0.15) is 5.76 Å². The largest absolute Gasteiger partial charge is 0.444 e. The summed E-state index contributed by atoms with van der Waals surface area (Å²) in [4.78, 5) is 8.61. The van der Waals surface area contributed by atoms with E-state index in [4.69, 9.17) is 9.15 Å². The first kappa shape index (κ1) is 22.4. The number of guanidine groups is 1. The van der Waals surface area contributed by atoms with Crippen LogP contribution in [0.2, 0.25) is 0 Å². The molecular formula is C19H29IN4O2. The fourth-order valence-corrected chi connectivity index (χ4v) is 2.37. The molecule has 2 N–H and O–H groups in total. The van der Waals surface area contributed by atoms with E-state index >= 15 is 0 Å². The SMILES string of the molecule is CCCOCc1ccccc1CNC(=NC)NCc1nc(C)c(C)o1.I. The molecule has 1 aromatic heterocycles. The molecular weight excluding hydrogens is 443 g/mol. The van der Waals surface area contributed by atoms with Gasteiger partial charge in [-0.25, -0.2) is 4.98 Å². The number of aryl methyl sites for hydroxylation is 2. The molecule has 0 atom stereocenters. The van der Waals surface area contributed by atoms with Crippen molar-refractivity contribution >= 4 is 29.9 Å². The molecule has 0 saturated heterocycles. The van der Waals surface area contributed by atoms with Crippen molar-refractivity contribution in [1.82, 2.24) is 15.6 Å². The second kappa shape index (κ2) is 11.9. The maximum atomic E-state index is 5.67. The Morgan fingerprint density at radius 3 is 2.46 bits per heavy atom. The summed E-state index contributed by atoms with van der Waals surface area (Å²) in [7, 11) is 1.75. The molecule has 2 rings (SSSR count). The summed E-state index contributed by atoms with van der Waals surface area (Å²) < 4.78 is 11.2. The summed E-state index contributed by atoms with van der Waals surface area (Å²) in [6.45, 7) is 8.54. The average Bonchev–Trinajstić information content (AvgIpc) is 2.94. The fraction of sp³-hybridized carbons (Fsp3) is 0.474. The molecule has 26 heavy (non-hydrogen) atoms. The Kier molecular flexibility index (Phi) is 10.3. The Morgan fingerprint density at radius 1 is 1.15 bits per heavy atom. The van der Waals surface area contributed by atoms with Crippen molar-refractivity contribution in [2.24, 2.45) is 4.99 Å². The van der Waals surface area contributed by atoms with Crippen LogP contribution in [0.25, 0.3) is 0 Å². The zero-order valence-corrected chi connectivity index (χ0v) is 18.3. The highest BCUT2D eigenvalue weighted by Gasteiger charge is 2.07. The quantitative estimate of drug-likeness (QED) is 0.265. The molecule has 0 radical (unpaired) electrons. The lowest BCUT2D eigenvalue weighted by molar-refractivity contribution is 0.121. The Morgan fingerprint density at radius 2 is 1.85 bits per heavy atom. The minimum Gasteiger partial charge on any atom is -0.444 e. The van der Waals surface area contributed by atoms with Crippen molar-refractivity contribution in [3.63, 3.8) is 0 Å². The molecule has 0 unspecified atom stereocenters. The number of aromatic nitrogens is 1. The maximum absolute atomic E-state index is 5.67. The number of oxazole rings is 1. The van der Waals surface area contributed by atoms with Crippen molar-refractivity contribution in [2.45, 2.75) is 46.9 Å². The molecule has 1 aromatic carbocycles. The third-order valence-corrected chi connectivity index (χ3v) is 3.87. The van der Waals surface area contributed by atoms with E-state index in [0.717, 1.165) is 24.5 Å². The van der Waals surface area contributed by atoms with E-state index in [1.54, 1.807) is 7.05 Å². The van der Waals surface area contributed by atoms with Crippen molar-refractivity contribution in [3.05, 3.63) is 52.7 Å². The first-order valence-electron chi connectivity index (χ1n) is 8.66. The van der Waals surface area contributed by atoms with Crippen LogP contribution in [0.3, 0.4) is 0 Å². The van der Waals surface area contributed by atoms with Crippen molar-refractivity contribution in [1.29, 1.82) is 0 Å². The summed E-state index contributed by atoms with van der Waals surface area (Å²) in [6.07, 6.45) is 1.02. The van der Waals surface area contributed by atoms with Gasteiger partial charge in [0.2, 0.25) is 5.89 Å². The van der Waals surface area contributed by atoms with Gasteiger partial charge in [-0.1, -0.05) is 31.2 Å². The first-order valence-corrected chi connectivity index (χ1v) is 8.66. The Hall–Kier alpha value is -1.61. The Labute approximate surface area is 172 Å². The van der Waals surface area contributed by atoms with E-state index in [2.05, 4.69) is 39.7 Å². The minimum absolute atomic E-state index is 0. The Balaban J connectivity index is 0.00000338. The van der Waals surface area contributed by atoms with Gasteiger partial charge in [-0.3, -0.25) is 4.99 Å². The van der Waals surface area contributed by atoms with Crippen LogP contribution in [-0.2, 0) is 24.4 Å². The lowest BCUT2D eigenvalue weighted by Gasteiger charge is -2.13. The smallest absolute Gasteiger partial charge is 0.214 e. The van der Waals surface area contributed by atoms with Gasteiger partial charge >= 0.3 is 0 Å². The second-order valence-corrected chi connectivity index (χ2v) is 5.85. The molecule has 0 aliphatic heterocycles. The molecule has 0 aliphatic carbocycles. The fourth-order valence-electron chi connectivity index (χ4n) is 2.37. The van der Waals surface area contributed by atoms with Crippen LogP contribution in [0.15, 0.2) is 33.7 Å². The molecule has 0 spiro atoms. The van der Waals surface area contributed by atoms with Crippen LogP contribution < -0.4 is 10.6 Å². The predicted octanol–water partition coefficient (Wildman–Crippen LogP) is 3.70. The lowest BCUT2D eigenvalue weighted by Crippen LogP contribution is -2.36. The zero-order valence-electron chi connectivity index (χ0n) is 16.0. The standard InChI is InChI=1S/C19H28N4O2.HI/c1-5-10-24-13-17-9-7-6-8-16(17)11-21-19(20-4)22-12-18-23-14(2)15(3)25-18;/h6-9H,5,10-13H2,1-4H3,(H2,20,21,22);1H. The Bertz CT molecular complexity index is 681. The highest BCUT2D eigenvalue weighted by atomic mass is 127. The van der Waals surface area contributed by atoms with Gasteiger partial charge in [-0.2, -0.15) is 0 Å². The summed E-state index contributed by atoms with van der Waals surface area (Å²) >= 11 is 0. The molecule has 144 valence electrons. The third-order valence-electron chi connectivity index (χ3n) is 3.87. The molecule has 0 saturated carbocycles.